The molecule has 4 atom stereocenters. The molecule has 2 aromatic carbocycles. The van der Waals surface area contributed by atoms with Crippen molar-refractivity contribution in [3.05, 3.63) is 82.9 Å². The Bertz CT molecular complexity index is 1850. The minimum Gasteiger partial charge on any atom is -0.341 e. The number of hydrogen-bond donors (Lipinski definition) is 2. The standard InChI is InChI=1S/C26H23N7O9S/c1-26(2)41-18-19(24(35)31-43(38,39)16-10-8-15(9-11-16)33(36)37)40-25(20(18)42-26)32-13-29-17-21(27-12-28-22(17)32)30-23(34)14-6-4-3-5-7-14/h3-13,18-20,25H,1-2H3,(H,31,35)(H,27,28,30,34)/t18-,19+,20-,25-/m1/s1. The molecule has 2 saturated heterocycles. The summed E-state index contributed by atoms with van der Waals surface area (Å²) in [6, 6.07) is 12.6. The Labute approximate surface area is 243 Å². The highest BCUT2D eigenvalue weighted by molar-refractivity contribution is 7.90. The van der Waals surface area contributed by atoms with Gasteiger partial charge in [-0.1, -0.05) is 18.2 Å². The molecular weight excluding hydrogens is 586 g/mol. The molecule has 0 aliphatic carbocycles. The van der Waals surface area contributed by atoms with Crippen LogP contribution < -0.4 is 10.0 Å². The molecule has 2 amide bonds. The molecule has 17 heteroatoms. The second-order valence-electron chi connectivity index (χ2n) is 10.1. The monoisotopic (exact) mass is 609 g/mol. The van der Waals surface area contributed by atoms with E-state index in [1.807, 2.05) is 4.72 Å². The molecule has 2 aliphatic heterocycles. The SMILES string of the molecule is CC1(C)O[C@@H]2[C@H](O1)[C@@H](C(=O)NS(=O)(=O)c1ccc([N+](=O)[O-])cc1)O[C@H]2n1cnc2c(NC(=O)c3ccccc3)ncnc21. The number of nitro groups is 1. The molecule has 0 spiro atoms. The number of nitrogens with zero attached hydrogens (tertiary/aromatic N) is 5. The predicted molar refractivity (Wildman–Crippen MR) is 146 cm³/mol. The summed E-state index contributed by atoms with van der Waals surface area (Å²) in [5, 5.41) is 13.6. The highest BCUT2D eigenvalue weighted by atomic mass is 32.2. The number of rotatable bonds is 7. The molecule has 0 unspecified atom stereocenters. The Kier molecular flexibility index (Phi) is 6.88. The van der Waals surface area contributed by atoms with Crippen molar-refractivity contribution < 1.29 is 37.1 Å². The molecule has 0 bridgehead atoms. The minimum atomic E-state index is -4.42. The summed E-state index contributed by atoms with van der Waals surface area (Å²) in [6.07, 6.45) is -1.79. The average molecular weight is 610 g/mol. The lowest BCUT2D eigenvalue weighted by Crippen LogP contribution is -2.45. The fourth-order valence-corrected chi connectivity index (χ4v) is 5.90. The number of imidazole rings is 1. The third-order valence-electron chi connectivity index (χ3n) is 6.78. The lowest BCUT2D eigenvalue weighted by Gasteiger charge is -2.24. The summed E-state index contributed by atoms with van der Waals surface area (Å²) in [5.74, 6) is -2.45. The van der Waals surface area contributed by atoms with Crippen LogP contribution in [-0.2, 0) is 29.0 Å². The first-order valence-corrected chi connectivity index (χ1v) is 14.3. The van der Waals surface area contributed by atoms with Crippen LogP contribution in [0.2, 0.25) is 0 Å². The zero-order chi connectivity index (χ0) is 30.5. The molecule has 0 radical (unpaired) electrons. The number of benzene rings is 2. The zero-order valence-electron chi connectivity index (χ0n) is 22.5. The van der Waals surface area contributed by atoms with Crippen molar-refractivity contribution >= 4 is 44.5 Å². The highest BCUT2D eigenvalue weighted by Crippen LogP contribution is 2.44. The summed E-state index contributed by atoms with van der Waals surface area (Å²) in [7, 11) is -4.42. The van der Waals surface area contributed by atoms with Crippen LogP contribution in [0.15, 0.2) is 72.1 Å². The number of anilines is 1. The number of sulfonamides is 1. The number of non-ortho nitro benzene ring substituents is 1. The number of carbonyl (C=O) groups excluding carboxylic acids is 2. The van der Waals surface area contributed by atoms with Crippen molar-refractivity contribution in [3.8, 4) is 0 Å². The van der Waals surface area contributed by atoms with Crippen molar-refractivity contribution in [1.82, 2.24) is 24.2 Å². The zero-order valence-corrected chi connectivity index (χ0v) is 23.3. The largest absolute Gasteiger partial charge is 0.341 e. The van der Waals surface area contributed by atoms with Crippen LogP contribution in [0.4, 0.5) is 11.5 Å². The first-order chi connectivity index (χ1) is 20.4. The maximum absolute atomic E-state index is 13.3. The van der Waals surface area contributed by atoms with Gasteiger partial charge in [-0.25, -0.2) is 28.1 Å². The molecule has 43 heavy (non-hydrogen) atoms. The smallest absolute Gasteiger partial charge is 0.269 e. The summed E-state index contributed by atoms with van der Waals surface area (Å²) in [5.41, 5.74) is 0.577. The first kappa shape index (κ1) is 28.3. The lowest BCUT2D eigenvalue weighted by molar-refractivity contribution is -0.384. The van der Waals surface area contributed by atoms with E-state index in [1.54, 1.807) is 44.2 Å². The molecule has 4 aromatic rings. The maximum Gasteiger partial charge on any atom is 0.269 e. The van der Waals surface area contributed by atoms with Gasteiger partial charge >= 0.3 is 0 Å². The van der Waals surface area contributed by atoms with E-state index in [1.165, 1.54) is 17.2 Å². The van der Waals surface area contributed by atoms with Crippen molar-refractivity contribution in [2.45, 2.75) is 49.1 Å². The van der Waals surface area contributed by atoms with E-state index in [-0.39, 0.29) is 27.6 Å². The maximum atomic E-state index is 13.3. The van der Waals surface area contributed by atoms with Crippen LogP contribution in [0.25, 0.3) is 11.2 Å². The summed E-state index contributed by atoms with van der Waals surface area (Å²) < 4.78 is 47.3. The number of ether oxygens (including phenoxy) is 3. The molecule has 0 saturated carbocycles. The Balaban J connectivity index is 1.27. The van der Waals surface area contributed by atoms with Crippen molar-refractivity contribution in [1.29, 1.82) is 0 Å². The van der Waals surface area contributed by atoms with Crippen LogP contribution in [0, 0.1) is 10.1 Å². The van der Waals surface area contributed by atoms with E-state index >= 15 is 0 Å². The van der Waals surface area contributed by atoms with Crippen LogP contribution in [0.1, 0.15) is 30.4 Å². The predicted octanol–water partition coefficient (Wildman–Crippen LogP) is 1.91. The molecule has 2 aliphatic rings. The molecule has 2 aromatic heterocycles. The third kappa shape index (κ3) is 5.29. The summed E-state index contributed by atoms with van der Waals surface area (Å²) in [6.45, 7) is 3.27. The normalized spacial score (nSPS) is 22.7. The Morgan fingerprint density at radius 2 is 1.70 bits per heavy atom. The van der Waals surface area contributed by atoms with Gasteiger partial charge in [0.15, 0.2) is 35.1 Å². The molecular formula is C26H23N7O9S. The number of amides is 2. The van der Waals surface area contributed by atoms with Gasteiger partial charge in [-0.15, -0.1) is 0 Å². The summed E-state index contributed by atoms with van der Waals surface area (Å²) >= 11 is 0. The first-order valence-electron chi connectivity index (χ1n) is 12.8. The number of nitrogens with one attached hydrogen (secondary N) is 2. The van der Waals surface area contributed by atoms with Crippen LogP contribution in [0.3, 0.4) is 0 Å². The Morgan fingerprint density at radius 3 is 2.40 bits per heavy atom. The topological polar surface area (TPSA) is 207 Å². The molecule has 16 nitrogen and oxygen atoms in total. The average Bonchev–Trinajstić information content (AvgIpc) is 3.64. The van der Waals surface area contributed by atoms with E-state index in [2.05, 4.69) is 20.3 Å². The van der Waals surface area contributed by atoms with Gasteiger partial charge in [0.25, 0.3) is 27.5 Å². The van der Waals surface area contributed by atoms with Crippen LogP contribution in [0.5, 0.6) is 0 Å². The van der Waals surface area contributed by atoms with E-state index in [0.29, 0.717) is 5.56 Å². The van der Waals surface area contributed by atoms with Crippen LogP contribution in [-0.4, -0.2) is 68.8 Å². The minimum absolute atomic E-state index is 0.138. The van der Waals surface area contributed by atoms with Gasteiger partial charge in [0.2, 0.25) is 0 Å². The lowest BCUT2D eigenvalue weighted by atomic mass is 10.1. The second-order valence-corrected chi connectivity index (χ2v) is 11.8. The highest BCUT2D eigenvalue weighted by Gasteiger charge is 2.58. The van der Waals surface area contributed by atoms with Gasteiger partial charge in [0.1, 0.15) is 18.5 Å². The van der Waals surface area contributed by atoms with Gasteiger partial charge in [-0.2, -0.15) is 0 Å². The van der Waals surface area contributed by atoms with E-state index < -0.39 is 57.1 Å². The molecule has 222 valence electrons. The summed E-state index contributed by atoms with van der Waals surface area (Å²) in [4.78, 5) is 48.7. The quantitative estimate of drug-likeness (QED) is 0.228. The molecule has 2 N–H and O–H groups in total. The van der Waals surface area contributed by atoms with Crippen LogP contribution >= 0.6 is 0 Å². The fraction of sp³-hybridized carbons (Fsp3) is 0.269. The number of hydrogen-bond acceptors (Lipinski definition) is 12. The van der Waals surface area contributed by atoms with Gasteiger partial charge in [-0.3, -0.25) is 24.3 Å². The number of fused-ring (bicyclic) bond motifs is 2. The van der Waals surface area contributed by atoms with Gasteiger partial charge in [-0.05, 0) is 38.1 Å². The van der Waals surface area contributed by atoms with Crippen molar-refractivity contribution in [2.24, 2.45) is 0 Å². The van der Waals surface area contributed by atoms with Gasteiger partial charge in [0, 0.05) is 17.7 Å². The van der Waals surface area contributed by atoms with E-state index in [0.717, 1.165) is 24.3 Å². The number of aromatic nitrogens is 4. The molecule has 6 rings (SSSR count). The molecule has 2 fully saturated rings. The number of nitro benzene ring substituents is 1. The third-order valence-corrected chi connectivity index (χ3v) is 8.14. The van der Waals surface area contributed by atoms with Gasteiger partial charge in [0.05, 0.1) is 16.1 Å². The van der Waals surface area contributed by atoms with Crippen molar-refractivity contribution in [2.75, 3.05) is 5.32 Å². The fourth-order valence-electron chi connectivity index (χ4n) is 4.91. The van der Waals surface area contributed by atoms with E-state index in [4.69, 9.17) is 14.2 Å². The van der Waals surface area contributed by atoms with E-state index in [9.17, 15) is 28.1 Å². The Hall–Kier alpha value is -4.84. The van der Waals surface area contributed by atoms with Gasteiger partial charge < -0.3 is 19.5 Å². The van der Waals surface area contributed by atoms with Crippen molar-refractivity contribution in [3.63, 3.8) is 0 Å². The number of carbonyl (C=O) groups is 2. The second kappa shape index (κ2) is 10.5. The Morgan fingerprint density at radius 1 is 1.00 bits per heavy atom. The molecule has 4 heterocycles.